The maximum absolute atomic E-state index is 12.1. The fourth-order valence-electron chi connectivity index (χ4n) is 2.90. The number of rotatable bonds is 4. The molecule has 2 rings (SSSR count). The summed E-state index contributed by atoms with van der Waals surface area (Å²) in [6, 6.07) is 0.0808. The van der Waals surface area contributed by atoms with Gasteiger partial charge in [-0.3, -0.25) is 4.79 Å². The Hall–Kier alpha value is -1.24. The number of anilines is 1. The van der Waals surface area contributed by atoms with Crippen molar-refractivity contribution in [1.29, 1.82) is 0 Å². The van der Waals surface area contributed by atoms with Gasteiger partial charge in [0.2, 0.25) is 0 Å². The number of nitrogens with one attached hydrogen (secondary N) is 1. The van der Waals surface area contributed by atoms with Gasteiger partial charge in [-0.25, -0.2) is 9.78 Å². The second-order valence-corrected chi connectivity index (χ2v) is 7.42. The molecule has 0 aliphatic heterocycles. The summed E-state index contributed by atoms with van der Waals surface area (Å²) in [4.78, 5) is 27.9. The van der Waals surface area contributed by atoms with E-state index >= 15 is 0 Å². The van der Waals surface area contributed by atoms with E-state index in [0.29, 0.717) is 11.8 Å². The number of hydrogen-bond donors (Lipinski definition) is 2. The third-order valence-electron chi connectivity index (χ3n) is 4.65. The summed E-state index contributed by atoms with van der Waals surface area (Å²) in [5.41, 5.74) is 5.31. The lowest BCUT2D eigenvalue weighted by Crippen LogP contribution is -2.45. The van der Waals surface area contributed by atoms with E-state index in [9.17, 15) is 9.59 Å². The molecule has 1 aliphatic rings. The zero-order valence-electron chi connectivity index (χ0n) is 13.9. The molecule has 1 amide bonds. The summed E-state index contributed by atoms with van der Waals surface area (Å²) >= 11 is 17.5. The quantitative estimate of drug-likeness (QED) is 0.585. The van der Waals surface area contributed by atoms with Crippen molar-refractivity contribution in [2.24, 2.45) is 11.8 Å². The molecule has 6 nitrogen and oxygen atoms in total. The molecule has 1 aromatic rings. The molecule has 1 aliphatic carbocycles. The van der Waals surface area contributed by atoms with Gasteiger partial charge >= 0.3 is 5.97 Å². The lowest BCUT2D eigenvalue weighted by Gasteiger charge is -2.34. The van der Waals surface area contributed by atoms with Gasteiger partial charge in [-0.15, -0.1) is 0 Å². The molecular formula is C16H20Cl3N3O3. The summed E-state index contributed by atoms with van der Waals surface area (Å²) < 4.78 is 4.97. The molecule has 0 unspecified atom stereocenters. The minimum Gasteiger partial charge on any atom is -0.451 e. The second-order valence-electron chi connectivity index (χ2n) is 6.31. The minimum atomic E-state index is -0.893. The predicted molar refractivity (Wildman–Crippen MR) is 98.1 cm³/mol. The molecule has 25 heavy (non-hydrogen) atoms. The molecular weight excluding hydrogens is 389 g/mol. The van der Waals surface area contributed by atoms with Crippen LogP contribution in [0.5, 0.6) is 0 Å². The van der Waals surface area contributed by atoms with Crippen molar-refractivity contribution in [3.8, 4) is 0 Å². The maximum atomic E-state index is 12.1. The molecule has 1 fully saturated rings. The highest BCUT2D eigenvalue weighted by atomic mass is 35.5. The first-order valence-electron chi connectivity index (χ1n) is 7.98. The summed E-state index contributed by atoms with van der Waals surface area (Å²) in [6.07, 6.45) is 3.14. The third kappa shape index (κ3) is 4.68. The number of aromatic nitrogens is 1. The summed E-state index contributed by atoms with van der Waals surface area (Å²) in [7, 11) is 0. The van der Waals surface area contributed by atoms with Crippen LogP contribution in [0.4, 0.5) is 5.69 Å². The highest BCUT2D eigenvalue weighted by Gasteiger charge is 2.28. The van der Waals surface area contributed by atoms with Crippen LogP contribution >= 0.6 is 34.8 Å². The normalized spacial score (nSPS) is 23.2. The second kappa shape index (κ2) is 8.43. The van der Waals surface area contributed by atoms with Crippen LogP contribution in [0.1, 0.15) is 43.6 Å². The summed E-state index contributed by atoms with van der Waals surface area (Å²) in [5.74, 6) is -0.345. The fraction of sp³-hybridized carbons (Fsp3) is 0.562. The van der Waals surface area contributed by atoms with Gasteiger partial charge in [0.15, 0.2) is 17.5 Å². The molecule has 1 heterocycles. The Kier molecular flexibility index (Phi) is 6.77. The third-order valence-corrected chi connectivity index (χ3v) is 5.79. The van der Waals surface area contributed by atoms with Crippen LogP contribution in [0.2, 0.25) is 15.2 Å². The Morgan fingerprint density at radius 3 is 2.60 bits per heavy atom. The molecule has 0 saturated heterocycles. The van der Waals surface area contributed by atoms with Gasteiger partial charge in [-0.2, -0.15) is 0 Å². The Labute approximate surface area is 161 Å². The van der Waals surface area contributed by atoms with Crippen LogP contribution in [0, 0.1) is 11.8 Å². The Morgan fingerprint density at radius 2 is 1.92 bits per heavy atom. The molecule has 0 radical (unpaired) electrons. The average Bonchev–Trinajstić information content (AvgIpc) is 2.58. The number of ether oxygens (including phenoxy) is 1. The van der Waals surface area contributed by atoms with Crippen molar-refractivity contribution in [1.82, 2.24) is 10.3 Å². The van der Waals surface area contributed by atoms with Crippen molar-refractivity contribution >= 4 is 52.4 Å². The maximum Gasteiger partial charge on any atom is 0.359 e. The van der Waals surface area contributed by atoms with E-state index in [-0.39, 0.29) is 38.5 Å². The van der Waals surface area contributed by atoms with Crippen LogP contribution in [0.3, 0.4) is 0 Å². The van der Waals surface area contributed by atoms with Crippen molar-refractivity contribution < 1.29 is 14.3 Å². The van der Waals surface area contributed by atoms with Crippen LogP contribution in [0.25, 0.3) is 0 Å². The molecule has 0 aromatic carbocycles. The number of amides is 1. The molecule has 1 aromatic heterocycles. The topological polar surface area (TPSA) is 94.3 Å². The van der Waals surface area contributed by atoms with E-state index in [1.165, 1.54) is 0 Å². The van der Waals surface area contributed by atoms with Gasteiger partial charge in [0, 0.05) is 6.04 Å². The van der Waals surface area contributed by atoms with Crippen molar-refractivity contribution in [2.45, 2.75) is 39.2 Å². The molecule has 3 N–H and O–H groups in total. The molecule has 3 atom stereocenters. The van der Waals surface area contributed by atoms with E-state index in [0.717, 1.165) is 19.3 Å². The van der Waals surface area contributed by atoms with Gasteiger partial charge in [-0.1, -0.05) is 61.5 Å². The number of carbonyl (C=O) groups excluding carboxylic acids is 2. The standard InChI is InChI=1S/C16H20Cl3N3O3/c1-7-4-3-5-9(8(7)2)21-10(23)6-25-16(24)14-11(17)13(20)12(18)15(19)22-14/h7-9H,3-6H2,1-2H3,(H2,20,22)(H,21,23)/t7-,8+,9+/m0/s1. The van der Waals surface area contributed by atoms with Crippen molar-refractivity contribution in [2.75, 3.05) is 12.3 Å². The number of esters is 1. The highest BCUT2D eigenvalue weighted by molar-refractivity contribution is 6.46. The van der Waals surface area contributed by atoms with E-state index < -0.39 is 12.6 Å². The van der Waals surface area contributed by atoms with Gasteiger partial charge in [0.1, 0.15) is 5.02 Å². The first kappa shape index (κ1) is 20.1. The van der Waals surface area contributed by atoms with Crippen LogP contribution in [-0.2, 0) is 9.53 Å². The number of nitrogen functional groups attached to an aromatic ring is 1. The Morgan fingerprint density at radius 1 is 1.24 bits per heavy atom. The zero-order valence-corrected chi connectivity index (χ0v) is 16.2. The van der Waals surface area contributed by atoms with E-state index in [1.54, 1.807) is 0 Å². The first-order valence-corrected chi connectivity index (χ1v) is 9.12. The molecule has 0 bridgehead atoms. The van der Waals surface area contributed by atoms with Gasteiger partial charge in [-0.05, 0) is 18.3 Å². The van der Waals surface area contributed by atoms with Crippen molar-refractivity contribution in [3.63, 3.8) is 0 Å². The van der Waals surface area contributed by atoms with E-state index in [4.69, 9.17) is 45.3 Å². The molecule has 1 saturated carbocycles. The largest absolute Gasteiger partial charge is 0.451 e. The Bertz CT molecular complexity index is 684. The highest BCUT2D eigenvalue weighted by Crippen LogP contribution is 2.34. The molecule has 0 spiro atoms. The lowest BCUT2D eigenvalue weighted by atomic mass is 9.78. The smallest absolute Gasteiger partial charge is 0.359 e. The first-order chi connectivity index (χ1) is 11.7. The van der Waals surface area contributed by atoms with Gasteiger partial charge < -0.3 is 15.8 Å². The zero-order chi connectivity index (χ0) is 18.7. The predicted octanol–water partition coefficient (Wildman–Crippen LogP) is 3.72. The molecule has 138 valence electrons. The van der Waals surface area contributed by atoms with E-state index in [1.807, 2.05) is 0 Å². The van der Waals surface area contributed by atoms with Gasteiger partial charge in [0.25, 0.3) is 5.91 Å². The number of halogens is 3. The average molecular weight is 409 g/mol. The van der Waals surface area contributed by atoms with Crippen LogP contribution in [0.15, 0.2) is 0 Å². The Balaban J connectivity index is 1.95. The monoisotopic (exact) mass is 407 g/mol. The van der Waals surface area contributed by atoms with Crippen LogP contribution in [-0.4, -0.2) is 29.5 Å². The number of pyridine rings is 1. The van der Waals surface area contributed by atoms with Gasteiger partial charge in [0.05, 0.1) is 10.7 Å². The number of nitrogens with zero attached hydrogens (tertiary/aromatic N) is 1. The summed E-state index contributed by atoms with van der Waals surface area (Å²) in [5, 5.41) is 2.55. The fourth-order valence-corrected chi connectivity index (χ4v) is 3.49. The lowest BCUT2D eigenvalue weighted by molar-refractivity contribution is -0.125. The van der Waals surface area contributed by atoms with Crippen molar-refractivity contribution in [3.05, 3.63) is 20.9 Å². The number of hydrogen-bond acceptors (Lipinski definition) is 5. The van der Waals surface area contributed by atoms with E-state index in [2.05, 4.69) is 24.1 Å². The number of carbonyl (C=O) groups is 2. The number of nitrogens with two attached hydrogens (primary N) is 1. The molecule has 9 heteroatoms. The minimum absolute atomic E-state index is 0.0404. The van der Waals surface area contributed by atoms with Crippen LogP contribution < -0.4 is 11.1 Å². The summed E-state index contributed by atoms with van der Waals surface area (Å²) in [6.45, 7) is 3.85. The SMILES string of the molecule is C[C@@H]1[C@@H](C)CCC[C@H]1NC(=O)COC(=O)c1nc(Cl)c(Cl)c(N)c1Cl.